The molecule has 1 atom stereocenters. The maximum atomic E-state index is 13.5. The molecule has 1 aliphatic heterocycles. The van der Waals surface area contributed by atoms with E-state index in [0.717, 1.165) is 6.07 Å². The third-order valence-corrected chi connectivity index (χ3v) is 5.45. The van der Waals surface area contributed by atoms with Crippen molar-refractivity contribution in [1.29, 1.82) is 0 Å². The number of aromatic nitrogens is 1. The summed E-state index contributed by atoms with van der Waals surface area (Å²) in [4.78, 5) is 41.0. The van der Waals surface area contributed by atoms with Gasteiger partial charge in [-0.3, -0.25) is 14.4 Å². The van der Waals surface area contributed by atoms with E-state index in [1.54, 1.807) is 24.3 Å². The molecule has 10 heteroatoms. The summed E-state index contributed by atoms with van der Waals surface area (Å²) in [6.45, 7) is 0.0181. The van der Waals surface area contributed by atoms with E-state index < -0.39 is 29.1 Å². The summed E-state index contributed by atoms with van der Waals surface area (Å²) in [5.74, 6) is -2.81. The number of benzene rings is 2. The first-order chi connectivity index (χ1) is 14.7. The molecular formula is C21H18ClFN4O4. The molecule has 0 saturated carbocycles. The highest BCUT2D eigenvalue weighted by molar-refractivity contribution is 6.30. The number of rotatable bonds is 5. The molecule has 3 aromatic rings. The average molecular weight is 445 g/mol. The van der Waals surface area contributed by atoms with Gasteiger partial charge in [0.15, 0.2) is 0 Å². The fraction of sp³-hybridized carbons (Fsp3) is 0.190. The lowest BCUT2D eigenvalue weighted by molar-refractivity contribution is -0.149. The predicted molar refractivity (Wildman–Crippen MR) is 112 cm³/mol. The first-order valence-corrected chi connectivity index (χ1v) is 9.75. The van der Waals surface area contributed by atoms with E-state index in [-0.39, 0.29) is 30.2 Å². The Labute approximate surface area is 180 Å². The Morgan fingerprint density at radius 1 is 1.26 bits per heavy atom. The number of amides is 3. The van der Waals surface area contributed by atoms with Crippen LogP contribution < -0.4 is 16.0 Å². The van der Waals surface area contributed by atoms with Crippen molar-refractivity contribution in [1.82, 2.24) is 10.3 Å². The number of anilines is 1. The van der Waals surface area contributed by atoms with Gasteiger partial charge in [-0.1, -0.05) is 11.6 Å². The number of halogens is 2. The van der Waals surface area contributed by atoms with Gasteiger partial charge in [0.25, 0.3) is 17.7 Å². The van der Waals surface area contributed by atoms with Crippen LogP contribution in [0.1, 0.15) is 22.5 Å². The molecular weight excluding hydrogens is 427 g/mol. The summed E-state index contributed by atoms with van der Waals surface area (Å²) < 4.78 is 13.5. The molecule has 31 heavy (non-hydrogen) atoms. The quantitative estimate of drug-likeness (QED) is 0.447. The summed E-state index contributed by atoms with van der Waals surface area (Å²) in [6, 6.07) is 10.3. The van der Waals surface area contributed by atoms with E-state index in [0.29, 0.717) is 22.2 Å². The van der Waals surface area contributed by atoms with E-state index >= 15 is 0 Å². The van der Waals surface area contributed by atoms with Gasteiger partial charge in [0.2, 0.25) is 5.60 Å². The van der Waals surface area contributed by atoms with Gasteiger partial charge < -0.3 is 26.0 Å². The Morgan fingerprint density at radius 2 is 2.03 bits per heavy atom. The molecule has 0 bridgehead atoms. The van der Waals surface area contributed by atoms with Gasteiger partial charge in [-0.05, 0) is 48.0 Å². The fourth-order valence-corrected chi connectivity index (χ4v) is 3.87. The lowest BCUT2D eigenvalue weighted by atomic mass is 10.0. The lowest BCUT2D eigenvalue weighted by Gasteiger charge is -2.22. The lowest BCUT2D eigenvalue weighted by Crippen LogP contribution is -2.52. The molecule has 1 fully saturated rings. The number of primary amides is 1. The van der Waals surface area contributed by atoms with Crippen molar-refractivity contribution in [3.63, 3.8) is 0 Å². The number of fused-ring (bicyclic) bond motifs is 1. The molecule has 3 amide bonds. The van der Waals surface area contributed by atoms with Gasteiger partial charge in [-0.2, -0.15) is 0 Å². The van der Waals surface area contributed by atoms with Crippen LogP contribution in [0.5, 0.6) is 0 Å². The molecule has 0 radical (unpaired) electrons. The number of nitrogens with two attached hydrogens (primary N) is 1. The minimum Gasteiger partial charge on any atom is -0.372 e. The molecule has 0 aliphatic carbocycles. The average Bonchev–Trinajstić information content (AvgIpc) is 3.27. The number of nitrogens with one attached hydrogen (secondary N) is 2. The van der Waals surface area contributed by atoms with Crippen LogP contribution in [0, 0.1) is 5.82 Å². The Kier molecular flexibility index (Phi) is 5.16. The number of hydrogen-bond donors (Lipinski definition) is 4. The van der Waals surface area contributed by atoms with Crippen LogP contribution in [-0.4, -0.2) is 40.0 Å². The van der Waals surface area contributed by atoms with Crippen LogP contribution in [0.3, 0.4) is 0 Å². The number of nitrogens with zero attached hydrogens (tertiary/aromatic N) is 1. The van der Waals surface area contributed by atoms with Crippen molar-refractivity contribution >= 4 is 45.9 Å². The van der Waals surface area contributed by atoms with Crippen LogP contribution in [0.4, 0.5) is 10.1 Å². The first-order valence-electron chi connectivity index (χ1n) is 9.37. The minimum atomic E-state index is -2.25. The number of aliphatic hydroxyl groups is 1. The molecule has 8 nitrogen and oxygen atoms in total. The number of hydrogen-bond acceptors (Lipinski definition) is 4. The Balaban J connectivity index is 1.51. The topological polar surface area (TPSA) is 129 Å². The second-order valence-electron chi connectivity index (χ2n) is 7.35. The summed E-state index contributed by atoms with van der Waals surface area (Å²) in [5, 5.41) is 14.1. The summed E-state index contributed by atoms with van der Waals surface area (Å²) in [5.41, 5.74) is 4.78. The number of H-pyrrole nitrogens is 1. The van der Waals surface area contributed by atoms with Crippen LogP contribution in [0.25, 0.3) is 10.9 Å². The Morgan fingerprint density at radius 3 is 2.74 bits per heavy atom. The van der Waals surface area contributed by atoms with E-state index in [1.807, 2.05) is 0 Å². The highest BCUT2D eigenvalue weighted by Gasteiger charge is 2.51. The molecule has 1 aromatic heterocycles. The molecule has 160 valence electrons. The van der Waals surface area contributed by atoms with Gasteiger partial charge in [-0.25, -0.2) is 4.39 Å². The minimum absolute atomic E-state index is 0.100. The normalized spacial score (nSPS) is 18.5. The standard InChI is InChI=1S/C21H18ClFN4O4/c22-13-5-11(6-14(23)9-13)10-25-19(29)21(31)3-4-27(20(21)30)15-1-2-16-12(7-15)8-17(26-16)18(24)28/h1-2,5-9,26,31H,3-4,10H2,(H2,24,28)(H,25,29). The molecule has 2 aromatic carbocycles. The van der Waals surface area contributed by atoms with Gasteiger partial charge >= 0.3 is 0 Å². The monoisotopic (exact) mass is 444 g/mol. The molecule has 1 saturated heterocycles. The van der Waals surface area contributed by atoms with Crippen molar-refractivity contribution in [3.05, 3.63) is 64.6 Å². The van der Waals surface area contributed by atoms with Gasteiger partial charge in [-0.15, -0.1) is 0 Å². The van der Waals surface area contributed by atoms with Crippen molar-refractivity contribution in [2.75, 3.05) is 11.4 Å². The maximum absolute atomic E-state index is 13.5. The summed E-state index contributed by atoms with van der Waals surface area (Å²) >= 11 is 5.80. The second kappa shape index (κ2) is 7.68. The maximum Gasteiger partial charge on any atom is 0.268 e. The Hall–Kier alpha value is -3.43. The predicted octanol–water partition coefficient (Wildman–Crippen LogP) is 1.84. The van der Waals surface area contributed by atoms with E-state index in [4.69, 9.17) is 17.3 Å². The second-order valence-corrected chi connectivity index (χ2v) is 7.78. The SMILES string of the molecule is NC(=O)c1cc2cc(N3CCC(O)(C(=O)NCc4cc(F)cc(Cl)c4)C3=O)ccc2[nH]1. The molecule has 1 unspecified atom stereocenters. The first kappa shape index (κ1) is 20.8. The molecule has 5 N–H and O–H groups in total. The fourth-order valence-electron chi connectivity index (χ4n) is 3.62. The zero-order chi connectivity index (χ0) is 22.3. The van der Waals surface area contributed by atoms with Gasteiger partial charge in [0.05, 0.1) is 0 Å². The van der Waals surface area contributed by atoms with Crippen molar-refractivity contribution in [3.8, 4) is 0 Å². The molecule has 1 aliphatic rings. The number of carbonyl (C=O) groups is 3. The van der Waals surface area contributed by atoms with E-state index in [2.05, 4.69) is 10.3 Å². The smallest absolute Gasteiger partial charge is 0.268 e. The van der Waals surface area contributed by atoms with Crippen LogP contribution in [-0.2, 0) is 16.1 Å². The van der Waals surface area contributed by atoms with E-state index in [9.17, 15) is 23.9 Å². The number of carbonyl (C=O) groups excluding carboxylic acids is 3. The zero-order valence-corrected chi connectivity index (χ0v) is 16.9. The van der Waals surface area contributed by atoms with Crippen LogP contribution >= 0.6 is 11.6 Å². The third kappa shape index (κ3) is 3.85. The highest BCUT2D eigenvalue weighted by atomic mass is 35.5. The van der Waals surface area contributed by atoms with Crippen molar-refractivity contribution in [2.45, 2.75) is 18.6 Å². The highest BCUT2D eigenvalue weighted by Crippen LogP contribution is 2.31. The third-order valence-electron chi connectivity index (χ3n) is 5.23. The molecule has 0 spiro atoms. The van der Waals surface area contributed by atoms with Crippen molar-refractivity contribution < 1.29 is 23.9 Å². The number of aromatic amines is 1. The molecule has 2 heterocycles. The van der Waals surface area contributed by atoms with Crippen LogP contribution in [0.15, 0.2) is 42.5 Å². The molecule has 4 rings (SSSR count). The largest absolute Gasteiger partial charge is 0.372 e. The Bertz CT molecular complexity index is 1210. The van der Waals surface area contributed by atoms with Gasteiger partial charge in [0.1, 0.15) is 11.5 Å². The van der Waals surface area contributed by atoms with Crippen molar-refractivity contribution in [2.24, 2.45) is 5.73 Å². The zero-order valence-electron chi connectivity index (χ0n) is 16.1. The van der Waals surface area contributed by atoms with Crippen LogP contribution in [0.2, 0.25) is 5.02 Å². The van der Waals surface area contributed by atoms with E-state index in [1.165, 1.54) is 17.0 Å². The summed E-state index contributed by atoms with van der Waals surface area (Å²) in [6.07, 6.45) is -0.112. The summed E-state index contributed by atoms with van der Waals surface area (Å²) in [7, 11) is 0. The van der Waals surface area contributed by atoms with Gasteiger partial charge in [0, 0.05) is 41.1 Å².